The van der Waals surface area contributed by atoms with Gasteiger partial charge >= 0.3 is 5.69 Å². The minimum absolute atomic E-state index is 0. The zero-order valence-corrected chi connectivity index (χ0v) is 14.9. The highest BCUT2D eigenvalue weighted by Gasteiger charge is 2.29. The number of H-pyrrole nitrogens is 1. The summed E-state index contributed by atoms with van der Waals surface area (Å²) in [4.78, 5) is 41.7. The molecule has 136 valence electrons. The van der Waals surface area contributed by atoms with Crippen molar-refractivity contribution >= 4 is 29.2 Å². The number of nitrogens with one attached hydrogen (secondary N) is 1. The van der Waals surface area contributed by atoms with Gasteiger partial charge in [-0.1, -0.05) is 19.1 Å². The fraction of sp³-hybridized carbons (Fsp3) is 0.471. The third-order valence-corrected chi connectivity index (χ3v) is 4.75. The van der Waals surface area contributed by atoms with Crippen molar-refractivity contribution in [1.29, 1.82) is 0 Å². The molecule has 0 saturated carbocycles. The van der Waals surface area contributed by atoms with E-state index in [9.17, 15) is 14.4 Å². The number of aromatic nitrogens is 2. The number of amides is 1. The number of nitrogens with zero attached hydrogens (tertiary/aromatic N) is 2. The van der Waals surface area contributed by atoms with Crippen molar-refractivity contribution in [2.45, 2.75) is 32.4 Å². The van der Waals surface area contributed by atoms with Crippen molar-refractivity contribution < 1.29 is 4.79 Å². The van der Waals surface area contributed by atoms with Gasteiger partial charge in [-0.3, -0.25) is 14.2 Å². The van der Waals surface area contributed by atoms with Gasteiger partial charge in [0.2, 0.25) is 5.91 Å². The van der Waals surface area contributed by atoms with E-state index in [1.165, 1.54) is 0 Å². The van der Waals surface area contributed by atoms with Gasteiger partial charge in [0, 0.05) is 19.1 Å². The van der Waals surface area contributed by atoms with E-state index in [-0.39, 0.29) is 30.9 Å². The third-order valence-electron chi connectivity index (χ3n) is 4.75. The largest absolute Gasteiger partial charge is 0.337 e. The van der Waals surface area contributed by atoms with Crippen molar-refractivity contribution in [2.24, 2.45) is 11.7 Å². The number of halogens is 1. The van der Waals surface area contributed by atoms with Gasteiger partial charge in [-0.2, -0.15) is 0 Å². The van der Waals surface area contributed by atoms with E-state index in [4.69, 9.17) is 5.73 Å². The molecular formula is C17H23ClN4O3. The van der Waals surface area contributed by atoms with Crippen molar-refractivity contribution in [3.63, 3.8) is 0 Å². The molecule has 0 spiro atoms. The van der Waals surface area contributed by atoms with Crippen molar-refractivity contribution in [3.05, 3.63) is 45.1 Å². The van der Waals surface area contributed by atoms with E-state index in [1.54, 1.807) is 29.2 Å². The van der Waals surface area contributed by atoms with E-state index in [0.717, 1.165) is 17.4 Å². The van der Waals surface area contributed by atoms with Crippen molar-refractivity contribution in [1.82, 2.24) is 14.5 Å². The summed E-state index contributed by atoms with van der Waals surface area (Å²) in [6.45, 7) is 2.88. The third kappa shape index (κ3) is 3.77. The second-order valence-electron chi connectivity index (χ2n) is 6.47. The minimum Gasteiger partial charge on any atom is -0.337 e. The highest BCUT2D eigenvalue weighted by Crippen LogP contribution is 2.22. The molecule has 7 nitrogen and oxygen atoms in total. The molecule has 0 bridgehead atoms. The quantitative estimate of drug-likeness (QED) is 0.834. The number of hydrogen-bond acceptors (Lipinski definition) is 4. The van der Waals surface area contributed by atoms with Crippen LogP contribution < -0.4 is 17.0 Å². The Morgan fingerprint density at radius 1 is 1.32 bits per heavy atom. The number of carbonyl (C=O) groups excluding carboxylic acids is 1. The molecule has 3 N–H and O–H groups in total. The molecule has 1 amide bonds. The molecule has 2 heterocycles. The highest BCUT2D eigenvalue weighted by atomic mass is 35.5. The summed E-state index contributed by atoms with van der Waals surface area (Å²) in [5, 5.41) is 0.396. The van der Waals surface area contributed by atoms with E-state index in [1.807, 2.05) is 0 Å². The first kappa shape index (κ1) is 19.2. The average Bonchev–Trinajstić information content (AvgIpc) is 2.58. The standard InChI is InChI=1S/C17H22N4O3.ClH/c1-11-6-7-20(12(8-11)9-18)15(22)10-21-16(23)13-4-2-3-5-14(13)19-17(21)24;/h2-5,11-12H,6-10,18H2,1H3,(H,19,24);1H. The molecule has 1 aliphatic rings. The summed E-state index contributed by atoms with van der Waals surface area (Å²) in [5.41, 5.74) is 5.25. The second-order valence-corrected chi connectivity index (χ2v) is 6.47. The Kier molecular flexibility index (Phi) is 6.02. The van der Waals surface area contributed by atoms with Crippen LogP contribution in [0.1, 0.15) is 19.8 Å². The van der Waals surface area contributed by atoms with Gasteiger partial charge in [0.1, 0.15) is 6.54 Å². The lowest BCUT2D eigenvalue weighted by Gasteiger charge is -2.38. The number of hydrogen-bond donors (Lipinski definition) is 2. The predicted octanol–water partition coefficient (Wildman–Crippen LogP) is 0.697. The van der Waals surface area contributed by atoms with Gasteiger partial charge < -0.3 is 15.6 Å². The van der Waals surface area contributed by atoms with Gasteiger partial charge in [0.15, 0.2) is 0 Å². The van der Waals surface area contributed by atoms with Gasteiger partial charge in [-0.25, -0.2) is 4.79 Å². The SMILES string of the molecule is CC1CCN(C(=O)Cn2c(=O)[nH]c3ccccc3c2=O)C(CN)C1.Cl. The second kappa shape index (κ2) is 7.84. The number of fused-ring (bicyclic) bond motifs is 1. The lowest BCUT2D eigenvalue weighted by molar-refractivity contribution is -0.136. The van der Waals surface area contributed by atoms with Crippen molar-refractivity contribution in [3.8, 4) is 0 Å². The minimum atomic E-state index is -0.568. The van der Waals surface area contributed by atoms with Gasteiger partial charge in [0.25, 0.3) is 5.56 Å². The molecule has 2 aromatic rings. The number of likely N-dealkylation sites (tertiary alicyclic amines) is 1. The van der Waals surface area contributed by atoms with Gasteiger partial charge in [-0.15, -0.1) is 12.4 Å². The van der Waals surface area contributed by atoms with E-state index >= 15 is 0 Å². The van der Waals surface area contributed by atoms with Crippen LogP contribution in [-0.2, 0) is 11.3 Å². The summed E-state index contributed by atoms with van der Waals surface area (Å²) < 4.78 is 0.969. The Balaban J connectivity index is 0.00000225. The maximum atomic E-state index is 12.6. The number of benzene rings is 1. The maximum absolute atomic E-state index is 12.6. The number of carbonyl (C=O) groups is 1. The summed E-state index contributed by atoms with van der Waals surface area (Å²) in [5.74, 6) is 0.287. The van der Waals surface area contributed by atoms with Gasteiger partial charge in [0.05, 0.1) is 10.9 Å². The summed E-state index contributed by atoms with van der Waals surface area (Å²) in [6, 6.07) is 6.75. The Morgan fingerprint density at radius 3 is 2.76 bits per heavy atom. The van der Waals surface area contributed by atoms with E-state index in [2.05, 4.69) is 11.9 Å². The van der Waals surface area contributed by atoms with Crippen LogP contribution in [0, 0.1) is 5.92 Å². The van der Waals surface area contributed by atoms with Crippen LogP contribution in [-0.4, -0.2) is 39.5 Å². The molecule has 2 unspecified atom stereocenters. The fourth-order valence-electron chi connectivity index (χ4n) is 3.37. The van der Waals surface area contributed by atoms with Crippen LogP contribution in [0.3, 0.4) is 0 Å². The number of rotatable bonds is 3. The zero-order valence-electron chi connectivity index (χ0n) is 14.1. The Bertz CT molecular complexity index is 876. The molecule has 1 aromatic carbocycles. The Labute approximate surface area is 151 Å². The average molecular weight is 367 g/mol. The first-order chi connectivity index (χ1) is 11.5. The fourth-order valence-corrected chi connectivity index (χ4v) is 3.37. The van der Waals surface area contributed by atoms with E-state index < -0.39 is 11.2 Å². The molecular weight excluding hydrogens is 344 g/mol. The molecule has 0 radical (unpaired) electrons. The van der Waals surface area contributed by atoms with Crippen LogP contribution in [0.2, 0.25) is 0 Å². The van der Waals surface area contributed by atoms with Crippen molar-refractivity contribution in [2.75, 3.05) is 13.1 Å². The Morgan fingerprint density at radius 2 is 2.04 bits per heavy atom. The van der Waals surface area contributed by atoms with Crippen LogP contribution in [0.25, 0.3) is 10.9 Å². The normalized spacial score (nSPS) is 20.3. The number of para-hydroxylation sites is 1. The smallest absolute Gasteiger partial charge is 0.329 e. The molecule has 8 heteroatoms. The number of nitrogens with two attached hydrogens (primary N) is 1. The topological polar surface area (TPSA) is 101 Å². The lowest BCUT2D eigenvalue weighted by atomic mass is 9.92. The molecule has 1 aromatic heterocycles. The first-order valence-electron chi connectivity index (χ1n) is 8.22. The summed E-state index contributed by atoms with van der Waals surface area (Å²) in [7, 11) is 0. The molecule has 1 aliphatic heterocycles. The van der Waals surface area contributed by atoms with Crippen LogP contribution >= 0.6 is 12.4 Å². The summed E-state index contributed by atoms with van der Waals surface area (Å²) >= 11 is 0. The molecule has 25 heavy (non-hydrogen) atoms. The lowest BCUT2D eigenvalue weighted by Crippen LogP contribution is -2.51. The Hall–Kier alpha value is -2.12. The van der Waals surface area contributed by atoms with Crippen LogP contribution in [0.5, 0.6) is 0 Å². The highest BCUT2D eigenvalue weighted by molar-refractivity contribution is 5.85. The molecule has 3 rings (SSSR count). The van der Waals surface area contributed by atoms with Gasteiger partial charge in [-0.05, 0) is 30.9 Å². The van der Waals surface area contributed by atoms with Crippen LogP contribution in [0.15, 0.2) is 33.9 Å². The number of aromatic amines is 1. The summed E-state index contributed by atoms with van der Waals surface area (Å²) in [6.07, 6.45) is 1.76. The molecule has 0 aliphatic carbocycles. The molecule has 1 fully saturated rings. The zero-order chi connectivity index (χ0) is 17.3. The van der Waals surface area contributed by atoms with Crippen LogP contribution in [0.4, 0.5) is 0 Å². The maximum Gasteiger partial charge on any atom is 0.329 e. The monoisotopic (exact) mass is 366 g/mol. The molecule has 1 saturated heterocycles. The predicted molar refractivity (Wildman–Crippen MR) is 99.0 cm³/mol. The number of piperidine rings is 1. The van der Waals surface area contributed by atoms with E-state index in [0.29, 0.717) is 29.9 Å². The first-order valence-corrected chi connectivity index (χ1v) is 8.22. The molecule has 2 atom stereocenters.